The predicted octanol–water partition coefficient (Wildman–Crippen LogP) is 13.0. The summed E-state index contributed by atoms with van der Waals surface area (Å²) in [6, 6.07) is 72.2. The van der Waals surface area contributed by atoms with Gasteiger partial charge in [0.15, 0.2) is 17.5 Å². The quantitative estimate of drug-likeness (QED) is 0.166. The number of rotatable bonds is 7. The van der Waals surface area contributed by atoms with Crippen LogP contribution in [-0.4, -0.2) is 19.5 Å². The van der Waals surface area contributed by atoms with Crippen molar-refractivity contribution >= 4 is 21.8 Å². The van der Waals surface area contributed by atoms with Crippen molar-refractivity contribution in [2.75, 3.05) is 0 Å². The van der Waals surface area contributed by atoms with Crippen LogP contribution in [0.25, 0.3) is 95.0 Å². The molecule has 2 aromatic heterocycles. The Balaban J connectivity index is 1.27. The standard InChI is InChI=1S/C51H34N4/c1-6-17-35(18-7-1)37-29-31-40(32-30-37)50-52-49(39-23-12-4-13-24-39)53-51(54-50)44-28-16-27-43-47-45(38-21-10-3-11-22-38)33-41(36-19-8-2-9-20-36)34-46(47)55(48(43)44)42-25-14-5-15-26-42/h1-34H. The molecule has 4 nitrogen and oxygen atoms in total. The molecule has 258 valence electrons. The fourth-order valence-corrected chi connectivity index (χ4v) is 7.65. The second kappa shape index (κ2) is 13.8. The molecule has 10 aromatic rings. The zero-order chi connectivity index (χ0) is 36.6. The van der Waals surface area contributed by atoms with Crippen LogP contribution in [-0.2, 0) is 0 Å². The van der Waals surface area contributed by atoms with Gasteiger partial charge in [0.25, 0.3) is 0 Å². The Morgan fingerprint density at radius 1 is 0.309 bits per heavy atom. The number of fused-ring (bicyclic) bond motifs is 3. The molecule has 8 aromatic carbocycles. The SMILES string of the molecule is c1ccc(-c2ccc(-c3nc(-c4ccccc4)nc(-c4cccc5c6c(-c7ccccc7)cc(-c7ccccc7)cc6n(-c6ccccc6)c45)n3)cc2)cc1. The molecular formula is C51H34N4. The molecule has 10 rings (SSSR count). The van der Waals surface area contributed by atoms with Crippen LogP contribution in [0, 0.1) is 0 Å². The topological polar surface area (TPSA) is 43.6 Å². The van der Waals surface area contributed by atoms with Gasteiger partial charge < -0.3 is 4.57 Å². The number of para-hydroxylation sites is 2. The maximum atomic E-state index is 5.27. The summed E-state index contributed by atoms with van der Waals surface area (Å²) < 4.78 is 2.39. The molecule has 0 amide bonds. The summed E-state index contributed by atoms with van der Waals surface area (Å²) in [5.74, 6) is 1.87. The summed E-state index contributed by atoms with van der Waals surface area (Å²) in [5, 5.41) is 2.31. The average Bonchev–Trinajstić information content (AvgIpc) is 3.62. The summed E-state index contributed by atoms with van der Waals surface area (Å²) in [6.45, 7) is 0. The Morgan fingerprint density at radius 3 is 1.36 bits per heavy atom. The van der Waals surface area contributed by atoms with E-state index in [0.29, 0.717) is 17.5 Å². The van der Waals surface area contributed by atoms with Crippen molar-refractivity contribution < 1.29 is 0 Å². The number of hydrogen-bond acceptors (Lipinski definition) is 3. The second-order valence-corrected chi connectivity index (χ2v) is 13.6. The van der Waals surface area contributed by atoms with E-state index >= 15 is 0 Å². The first-order chi connectivity index (χ1) is 27.3. The highest BCUT2D eigenvalue weighted by atomic mass is 15.0. The van der Waals surface area contributed by atoms with Gasteiger partial charge in [0, 0.05) is 33.2 Å². The molecule has 0 N–H and O–H groups in total. The number of benzene rings is 8. The van der Waals surface area contributed by atoms with Crippen molar-refractivity contribution in [3.8, 4) is 73.2 Å². The van der Waals surface area contributed by atoms with E-state index in [0.717, 1.165) is 55.5 Å². The Kier molecular flexibility index (Phi) is 8.12. The minimum Gasteiger partial charge on any atom is -0.308 e. The number of hydrogen-bond donors (Lipinski definition) is 0. The smallest absolute Gasteiger partial charge is 0.166 e. The Morgan fingerprint density at radius 2 is 0.764 bits per heavy atom. The molecule has 0 unspecified atom stereocenters. The molecule has 0 aliphatic rings. The van der Waals surface area contributed by atoms with E-state index in [4.69, 9.17) is 15.0 Å². The van der Waals surface area contributed by atoms with Gasteiger partial charge in [-0.3, -0.25) is 0 Å². The van der Waals surface area contributed by atoms with E-state index in [1.54, 1.807) is 0 Å². The third-order valence-corrected chi connectivity index (χ3v) is 10.3. The van der Waals surface area contributed by atoms with Crippen LogP contribution in [0.4, 0.5) is 0 Å². The van der Waals surface area contributed by atoms with Gasteiger partial charge in [0.2, 0.25) is 0 Å². The molecule has 0 atom stereocenters. The lowest BCUT2D eigenvalue weighted by molar-refractivity contribution is 1.07. The lowest BCUT2D eigenvalue weighted by Gasteiger charge is -2.13. The molecule has 0 spiro atoms. The first-order valence-electron chi connectivity index (χ1n) is 18.5. The first-order valence-corrected chi connectivity index (χ1v) is 18.5. The third-order valence-electron chi connectivity index (χ3n) is 10.3. The molecule has 4 heteroatoms. The molecule has 0 saturated heterocycles. The Labute approximate surface area is 319 Å². The average molecular weight is 703 g/mol. The van der Waals surface area contributed by atoms with Crippen molar-refractivity contribution in [3.05, 3.63) is 206 Å². The normalized spacial score (nSPS) is 11.3. The Bertz CT molecular complexity index is 2920. The van der Waals surface area contributed by atoms with Gasteiger partial charge in [-0.15, -0.1) is 0 Å². The number of aromatic nitrogens is 4. The van der Waals surface area contributed by atoms with Crippen LogP contribution in [0.3, 0.4) is 0 Å². The van der Waals surface area contributed by atoms with Gasteiger partial charge in [-0.25, -0.2) is 15.0 Å². The van der Waals surface area contributed by atoms with Gasteiger partial charge in [-0.2, -0.15) is 0 Å². The van der Waals surface area contributed by atoms with Crippen molar-refractivity contribution in [3.63, 3.8) is 0 Å². The van der Waals surface area contributed by atoms with E-state index in [1.165, 1.54) is 22.1 Å². The van der Waals surface area contributed by atoms with Crippen LogP contribution in [0.2, 0.25) is 0 Å². The highest BCUT2D eigenvalue weighted by Crippen LogP contribution is 2.44. The number of nitrogens with zero attached hydrogens (tertiary/aromatic N) is 4. The highest BCUT2D eigenvalue weighted by Gasteiger charge is 2.23. The summed E-state index contributed by atoms with van der Waals surface area (Å²) in [5.41, 5.74) is 13.0. The van der Waals surface area contributed by atoms with Crippen LogP contribution < -0.4 is 0 Å². The van der Waals surface area contributed by atoms with E-state index < -0.39 is 0 Å². The largest absolute Gasteiger partial charge is 0.308 e. The second-order valence-electron chi connectivity index (χ2n) is 13.6. The first kappa shape index (κ1) is 32.2. The zero-order valence-corrected chi connectivity index (χ0v) is 29.9. The fourth-order valence-electron chi connectivity index (χ4n) is 7.65. The minimum atomic E-state index is 0.617. The molecule has 0 fully saturated rings. The molecule has 2 heterocycles. The predicted molar refractivity (Wildman–Crippen MR) is 227 cm³/mol. The van der Waals surface area contributed by atoms with Crippen LogP contribution in [0.15, 0.2) is 206 Å². The molecular weight excluding hydrogens is 669 g/mol. The van der Waals surface area contributed by atoms with Crippen molar-refractivity contribution in [2.45, 2.75) is 0 Å². The van der Waals surface area contributed by atoms with E-state index in [-0.39, 0.29) is 0 Å². The molecule has 0 aliphatic carbocycles. The highest BCUT2D eigenvalue weighted by molar-refractivity contribution is 6.19. The fraction of sp³-hybridized carbons (Fsp3) is 0. The van der Waals surface area contributed by atoms with E-state index in [2.05, 4.69) is 187 Å². The molecule has 0 radical (unpaired) electrons. The lowest BCUT2D eigenvalue weighted by atomic mass is 9.94. The maximum absolute atomic E-state index is 5.27. The maximum Gasteiger partial charge on any atom is 0.166 e. The van der Waals surface area contributed by atoms with E-state index in [1.807, 2.05) is 24.3 Å². The summed E-state index contributed by atoms with van der Waals surface area (Å²) >= 11 is 0. The minimum absolute atomic E-state index is 0.617. The van der Waals surface area contributed by atoms with Crippen LogP contribution >= 0.6 is 0 Å². The van der Waals surface area contributed by atoms with Crippen molar-refractivity contribution in [1.29, 1.82) is 0 Å². The Hall–Kier alpha value is -7.43. The zero-order valence-electron chi connectivity index (χ0n) is 29.9. The van der Waals surface area contributed by atoms with Gasteiger partial charge in [-0.1, -0.05) is 176 Å². The van der Waals surface area contributed by atoms with Crippen LogP contribution in [0.5, 0.6) is 0 Å². The molecule has 0 saturated carbocycles. The van der Waals surface area contributed by atoms with Crippen molar-refractivity contribution in [1.82, 2.24) is 19.5 Å². The summed E-state index contributed by atoms with van der Waals surface area (Å²) in [7, 11) is 0. The lowest BCUT2D eigenvalue weighted by Crippen LogP contribution is -2.02. The third kappa shape index (κ3) is 5.96. The summed E-state index contributed by atoms with van der Waals surface area (Å²) in [4.78, 5) is 15.6. The van der Waals surface area contributed by atoms with Gasteiger partial charge in [0.05, 0.1) is 11.0 Å². The van der Waals surface area contributed by atoms with Crippen molar-refractivity contribution in [2.24, 2.45) is 0 Å². The van der Waals surface area contributed by atoms with Gasteiger partial charge in [-0.05, 0) is 63.7 Å². The summed E-state index contributed by atoms with van der Waals surface area (Å²) in [6.07, 6.45) is 0. The molecule has 0 bridgehead atoms. The monoisotopic (exact) mass is 702 g/mol. The van der Waals surface area contributed by atoms with Gasteiger partial charge in [0.1, 0.15) is 0 Å². The molecule has 0 aliphatic heterocycles. The van der Waals surface area contributed by atoms with E-state index in [9.17, 15) is 0 Å². The van der Waals surface area contributed by atoms with Crippen LogP contribution in [0.1, 0.15) is 0 Å². The molecule has 55 heavy (non-hydrogen) atoms. The van der Waals surface area contributed by atoms with Gasteiger partial charge >= 0.3 is 0 Å².